The Morgan fingerprint density at radius 1 is 1.33 bits per heavy atom. The summed E-state index contributed by atoms with van der Waals surface area (Å²) in [7, 11) is 0. The lowest BCUT2D eigenvalue weighted by atomic mass is 9.90. The molecule has 6 heteroatoms. The van der Waals surface area contributed by atoms with Crippen molar-refractivity contribution in [3.63, 3.8) is 0 Å². The Morgan fingerprint density at radius 2 is 2.11 bits per heavy atom. The van der Waals surface area contributed by atoms with Crippen LogP contribution in [-0.2, 0) is 9.53 Å². The molecule has 0 radical (unpaired) electrons. The Morgan fingerprint density at radius 3 is 2.78 bits per heavy atom. The minimum atomic E-state index is -0.687. The highest BCUT2D eigenvalue weighted by molar-refractivity contribution is 6.07. The molecule has 6 nitrogen and oxygen atoms in total. The molecule has 3 fully saturated rings. The van der Waals surface area contributed by atoms with Gasteiger partial charge in [0.05, 0.1) is 0 Å². The first-order valence-corrected chi connectivity index (χ1v) is 6.66. The van der Waals surface area contributed by atoms with E-state index in [1.165, 1.54) is 4.90 Å². The zero-order valence-electron chi connectivity index (χ0n) is 10.4. The van der Waals surface area contributed by atoms with Gasteiger partial charge in [-0.25, -0.2) is 4.79 Å². The first-order chi connectivity index (χ1) is 8.71. The second-order valence-electron chi connectivity index (χ2n) is 5.33. The SMILES string of the molecule is O=C1NC2(CCOCC2)C(=O)N1C[C@@H]1CCCN1. The van der Waals surface area contributed by atoms with E-state index in [2.05, 4.69) is 10.6 Å². The third-order valence-corrected chi connectivity index (χ3v) is 4.16. The molecule has 1 atom stereocenters. The monoisotopic (exact) mass is 253 g/mol. The van der Waals surface area contributed by atoms with Gasteiger partial charge in [-0.15, -0.1) is 0 Å². The summed E-state index contributed by atoms with van der Waals surface area (Å²) in [4.78, 5) is 25.8. The second-order valence-corrected chi connectivity index (χ2v) is 5.33. The molecular formula is C12H19N3O3. The third kappa shape index (κ3) is 1.89. The van der Waals surface area contributed by atoms with E-state index < -0.39 is 5.54 Å². The van der Waals surface area contributed by atoms with E-state index in [1.807, 2.05) is 0 Å². The molecule has 2 N–H and O–H groups in total. The molecule has 18 heavy (non-hydrogen) atoms. The molecule has 3 aliphatic rings. The normalized spacial score (nSPS) is 31.1. The molecule has 0 bridgehead atoms. The Kier molecular flexibility index (Phi) is 2.99. The molecular weight excluding hydrogens is 234 g/mol. The second kappa shape index (κ2) is 4.51. The van der Waals surface area contributed by atoms with Gasteiger partial charge in [0.25, 0.3) is 5.91 Å². The van der Waals surface area contributed by atoms with E-state index in [9.17, 15) is 9.59 Å². The van der Waals surface area contributed by atoms with Crippen molar-refractivity contribution in [3.05, 3.63) is 0 Å². The van der Waals surface area contributed by atoms with E-state index in [1.54, 1.807) is 0 Å². The molecule has 0 aromatic rings. The molecule has 0 aromatic heterocycles. The minimum absolute atomic E-state index is 0.0653. The number of urea groups is 1. The number of imide groups is 1. The largest absolute Gasteiger partial charge is 0.381 e. The van der Waals surface area contributed by atoms with Crippen molar-refractivity contribution in [3.8, 4) is 0 Å². The Labute approximate surface area is 106 Å². The molecule has 3 rings (SSSR count). The van der Waals surface area contributed by atoms with Gasteiger partial charge in [-0.05, 0) is 19.4 Å². The number of ether oxygens (including phenoxy) is 1. The zero-order chi connectivity index (χ0) is 12.6. The lowest BCUT2D eigenvalue weighted by molar-refractivity contribution is -0.134. The van der Waals surface area contributed by atoms with Crippen molar-refractivity contribution in [2.24, 2.45) is 0 Å². The van der Waals surface area contributed by atoms with Gasteiger partial charge >= 0.3 is 6.03 Å². The molecule has 3 amide bonds. The van der Waals surface area contributed by atoms with Crippen LogP contribution >= 0.6 is 0 Å². The zero-order valence-corrected chi connectivity index (χ0v) is 10.4. The van der Waals surface area contributed by atoms with Crippen molar-refractivity contribution >= 4 is 11.9 Å². The fraction of sp³-hybridized carbons (Fsp3) is 0.833. The quantitative estimate of drug-likeness (QED) is 0.671. The number of rotatable bonds is 2. The standard InChI is InChI=1S/C12H19N3O3/c16-10-12(3-6-18-7-4-12)14-11(17)15(10)8-9-2-1-5-13-9/h9,13H,1-8H2,(H,14,17)/t9-/m0/s1. The molecule has 1 spiro atoms. The summed E-state index contributed by atoms with van der Waals surface area (Å²) in [6, 6.07) is 0.0188. The molecule has 3 saturated heterocycles. The van der Waals surface area contributed by atoms with E-state index in [0.29, 0.717) is 32.6 Å². The Hall–Kier alpha value is -1.14. The van der Waals surface area contributed by atoms with Gasteiger partial charge in [-0.1, -0.05) is 0 Å². The number of nitrogens with one attached hydrogen (secondary N) is 2. The molecule has 0 saturated carbocycles. The summed E-state index contributed by atoms with van der Waals surface area (Å²) in [6.45, 7) is 2.56. The molecule has 100 valence electrons. The Bertz CT molecular complexity index is 360. The fourth-order valence-electron chi connectivity index (χ4n) is 3.03. The average molecular weight is 253 g/mol. The summed E-state index contributed by atoms with van der Waals surface area (Å²) in [5.41, 5.74) is -0.687. The lowest BCUT2D eigenvalue weighted by Gasteiger charge is -2.30. The van der Waals surface area contributed by atoms with Gasteiger partial charge in [0.2, 0.25) is 0 Å². The van der Waals surface area contributed by atoms with Crippen LogP contribution in [0.3, 0.4) is 0 Å². The van der Waals surface area contributed by atoms with Gasteiger partial charge in [-0.3, -0.25) is 9.69 Å². The van der Waals surface area contributed by atoms with Crippen molar-refractivity contribution in [2.75, 3.05) is 26.3 Å². The van der Waals surface area contributed by atoms with E-state index in [-0.39, 0.29) is 18.0 Å². The molecule has 0 aliphatic carbocycles. The number of carbonyl (C=O) groups excluding carboxylic acids is 2. The van der Waals surface area contributed by atoms with Crippen molar-refractivity contribution in [1.29, 1.82) is 0 Å². The van der Waals surface area contributed by atoms with Crippen molar-refractivity contribution < 1.29 is 14.3 Å². The predicted octanol–water partition coefficient (Wildman–Crippen LogP) is -0.161. The number of nitrogens with zero attached hydrogens (tertiary/aromatic N) is 1. The maximum Gasteiger partial charge on any atom is 0.325 e. The van der Waals surface area contributed by atoms with E-state index in [0.717, 1.165) is 19.4 Å². The third-order valence-electron chi connectivity index (χ3n) is 4.16. The van der Waals surface area contributed by atoms with Gasteiger partial charge in [0.15, 0.2) is 0 Å². The summed E-state index contributed by atoms with van der Waals surface area (Å²) in [6.07, 6.45) is 3.33. The molecule has 0 unspecified atom stereocenters. The summed E-state index contributed by atoms with van der Waals surface area (Å²) >= 11 is 0. The first-order valence-electron chi connectivity index (χ1n) is 6.66. The van der Waals surface area contributed by atoms with Gasteiger partial charge in [0, 0.05) is 38.6 Å². The van der Waals surface area contributed by atoms with Gasteiger partial charge in [-0.2, -0.15) is 0 Å². The van der Waals surface area contributed by atoms with E-state index in [4.69, 9.17) is 4.74 Å². The van der Waals surface area contributed by atoms with Crippen LogP contribution in [0.2, 0.25) is 0 Å². The summed E-state index contributed by atoms with van der Waals surface area (Å²) in [5, 5.41) is 6.19. The number of amides is 3. The van der Waals surface area contributed by atoms with Gasteiger partial charge < -0.3 is 15.4 Å². The van der Waals surface area contributed by atoms with Crippen LogP contribution in [0, 0.1) is 0 Å². The van der Waals surface area contributed by atoms with Gasteiger partial charge in [0.1, 0.15) is 5.54 Å². The number of hydrogen-bond acceptors (Lipinski definition) is 4. The topological polar surface area (TPSA) is 70.7 Å². The molecule has 0 aromatic carbocycles. The summed E-state index contributed by atoms with van der Waals surface area (Å²) in [5.74, 6) is -0.0653. The molecule has 3 heterocycles. The number of hydrogen-bond donors (Lipinski definition) is 2. The highest BCUT2D eigenvalue weighted by Crippen LogP contribution is 2.28. The minimum Gasteiger partial charge on any atom is -0.381 e. The summed E-state index contributed by atoms with van der Waals surface area (Å²) < 4.78 is 5.27. The predicted molar refractivity (Wildman–Crippen MR) is 64.1 cm³/mol. The van der Waals surface area contributed by atoms with Crippen molar-refractivity contribution in [1.82, 2.24) is 15.5 Å². The van der Waals surface area contributed by atoms with Crippen LogP contribution < -0.4 is 10.6 Å². The number of carbonyl (C=O) groups is 2. The van der Waals surface area contributed by atoms with Crippen LogP contribution in [0.15, 0.2) is 0 Å². The lowest BCUT2D eigenvalue weighted by Crippen LogP contribution is -2.51. The van der Waals surface area contributed by atoms with Crippen LogP contribution in [0.4, 0.5) is 4.79 Å². The Balaban J connectivity index is 1.71. The highest BCUT2D eigenvalue weighted by Gasteiger charge is 2.51. The van der Waals surface area contributed by atoms with Crippen LogP contribution in [0.25, 0.3) is 0 Å². The van der Waals surface area contributed by atoms with Crippen molar-refractivity contribution in [2.45, 2.75) is 37.3 Å². The maximum atomic E-state index is 12.4. The highest BCUT2D eigenvalue weighted by atomic mass is 16.5. The average Bonchev–Trinajstić information content (AvgIpc) is 2.95. The molecule has 3 aliphatic heterocycles. The first kappa shape index (κ1) is 11.9. The maximum absolute atomic E-state index is 12.4. The van der Waals surface area contributed by atoms with Crippen LogP contribution in [-0.4, -0.2) is 54.7 Å². The van der Waals surface area contributed by atoms with Crippen LogP contribution in [0.5, 0.6) is 0 Å². The fourth-order valence-corrected chi connectivity index (χ4v) is 3.03. The van der Waals surface area contributed by atoms with Crippen LogP contribution in [0.1, 0.15) is 25.7 Å². The smallest absolute Gasteiger partial charge is 0.325 e. The van der Waals surface area contributed by atoms with E-state index >= 15 is 0 Å².